The zero-order valence-electron chi connectivity index (χ0n) is 17.7. The molecule has 0 saturated carbocycles. The van der Waals surface area contributed by atoms with E-state index in [4.69, 9.17) is 4.74 Å². The van der Waals surface area contributed by atoms with Crippen LogP contribution in [0.3, 0.4) is 0 Å². The van der Waals surface area contributed by atoms with Gasteiger partial charge in [-0.05, 0) is 55.8 Å². The van der Waals surface area contributed by atoms with Gasteiger partial charge in [-0.3, -0.25) is 19.5 Å². The Kier molecular flexibility index (Phi) is 5.98. The van der Waals surface area contributed by atoms with Gasteiger partial charge in [-0.15, -0.1) is 0 Å². The van der Waals surface area contributed by atoms with Crippen molar-refractivity contribution in [1.29, 1.82) is 0 Å². The Labute approximate surface area is 181 Å². The molecule has 1 aliphatic heterocycles. The Hall–Kier alpha value is -3.67. The van der Waals surface area contributed by atoms with Crippen LogP contribution < -0.4 is 15.0 Å². The first-order valence-electron chi connectivity index (χ1n) is 10.4. The average molecular weight is 415 g/mol. The maximum absolute atomic E-state index is 13.1. The van der Waals surface area contributed by atoms with Gasteiger partial charge in [0.25, 0.3) is 5.91 Å². The van der Waals surface area contributed by atoms with Gasteiger partial charge in [-0.25, -0.2) is 0 Å². The summed E-state index contributed by atoms with van der Waals surface area (Å²) in [4.78, 5) is 32.0. The molecule has 3 aromatic rings. The lowest BCUT2D eigenvalue weighted by molar-refractivity contribution is -0.121. The largest absolute Gasteiger partial charge is 0.494 e. The van der Waals surface area contributed by atoms with E-state index >= 15 is 0 Å². The molecule has 0 spiro atoms. The number of anilines is 1. The minimum atomic E-state index is -0.438. The molecule has 6 nitrogen and oxygen atoms in total. The highest BCUT2D eigenvalue weighted by atomic mass is 16.5. The first kappa shape index (κ1) is 20.6. The fraction of sp³-hybridized carbons (Fsp3) is 0.240. The second kappa shape index (κ2) is 9.00. The van der Waals surface area contributed by atoms with Crippen LogP contribution in [0.15, 0.2) is 66.9 Å². The highest BCUT2D eigenvalue weighted by molar-refractivity contribution is 6.11. The molecule has 2 amide bonds. The Morgan fingerprint density at radius 2 is 1.84 bits per heavy atom. The maximum atomic E-state index is 13.1. The van der Waals surface area contributed by atoms with Crippen LogP contribution in [-0.2, 0) is 11.3 Å². The van der Waals surface area contributed by atoms with Gasteiger partial charge in [0.05, 0.1) is 30.3 Å². The van der Waals surface area contributed by atoms with Crippen molar-refractivity contribution in [2.75, 3.05) is 11.5 Å². The van der Waals surface area contributed by atoms with Crippen LogP contribution in [0, 0.1) is 6.92 Å². The van der Waals surface area contributed by atoms with E-state index in [-0.39, 0.29) is 18.2 Å². The van der Waals surface area contributed by atoms with E-state index in [0.717, 1.165) is 22.6 Å². The molecule has 0 saturated heterocycles. The summed E-state index contributed by atoms with van der Waals surface area (Å²) in [6.07, 6.45) is 1.80. The minimum absolute atomic E-state index is 0.128. The van der Waals surface area contributed by atoms with Crippen LogP contribution in [0.2, 0.25) is 0 Å². The molecule has 0 unspecified atom stereocenters. The van der Waals surface area contributed by atoms with Crippen LogP contribution >= 0.6 is 0 Å². The summed E-state index contributed by atoms with van der Waals surface area (Å²) in [5.41, 5.74) is 4.04. The Balaban J connectivity index is 1.49. The SMILES string of the molecule is CCOc1ccc(CNC(=O)C[C@H]2c3ncccc3C(=O)N2c2ccc(C)cc2)cc1. The summed E-state index contributed by atoms with van der Waals surface area (Å²) < 4.78 is 5.45. The molecule has 0 aliphatic carbocycles. The van der Waals surface area contributed by atoms with Gasteiger partial charge in [-0.2, -0.15) is 0 Å². The van der Waals surface area contributed by atoms with Crippen molar-refractivity contribution < 1.29 is 14.3 Å². The molecule has 1 N–H and O–H groups in total. The van der Waals surface area contributed by atoms with Crippen LogP contribution in [-0.4, -0.2) is 23.4 Å². The van der Waals surface area contributed by atoms with Gasteiger partial charge in [-0.1, -0.05) is 29.8 Å². The number of rotatable bonds is 7. The molecule has 158 valence electrons. The van der Waals surface area contributed by atoms with Crippen molar-refractivity contribution in [3.63, 3.8) is 0 Å². The molecular weight excluding hydrogens is 390 g/mol. The van der Waals surface area contributed by atoms with E-state index in [1.54, 1.807) is 23.2 Å². The third-order valence-corrected chi connectivity index (χ3v) is 5.33. The smallest absolute Gasteiger partial charge is 0.260 e. The van der Waals surface area contributed by atoms with Crippen molar-refractivity contribution in [1.82, 2.24) is 10.3 Å². The molecule has 4 rings (SSSR count). The number of carbonyl (C=O) groups is 2. The summed E-state index contributed by atoms with van der Waals surface area (Å²) in [6.45, 7) is 4.96. The normalized spacial score (nSPS) is 15.0. The summed E-state index contributed by atoms with van der Waals surface area (Å²) in [5, 5.41) is 2.96. The maximum Gasteiger partial charge on any atom is 0.260 e. The molecule has 0 bridgehead atoms. The average Bonchev–Trinajstić information content (AvgIpc) is 3.06. The number of amides is 2. The van der Waals surface area contributed by atoms with Crippen LogP contribution in [0.25, 0.3) is 0 Å². The predicted octanol–water partition coefficient (Wildman–Crippen LogP) is 4.20. The number of aryl methyl sites for hydroxylation is 1. The fourth-order valence-corrected chi connectivity index (χ4v) is 3.77. The standard InChI is InChI=1S/C25H25N3O3/c1-3-31-20-12-8-18(9-13-20)16-27-23(29)15-22-24-21(5-4-14-26-24)25(30)28(22)19-10-6-17(2)7-11-19/h4-14,22H,3,15-16H2,1-2H3,(H,27,29)/t22-/m0/s1. The van der Waals surface area contributed by atoms with E-state index in [9.17, 15) is 9.59 Å². The highest BCUT2D eigenvalue weighted by Gasteiger charge is 2.39. The molecule has 1 atom stereocenters. The predicted molar refractivity (Wildman–Crippen MR) is 119 cm³/mol. The molecule has 2 aromatic carbocycles. The quantitative estimate of drug-likeness (QED) is 0.628. The van der Waals surface area contributed by atoms with Gasteiger partial charge < -0.3 is 10.1 Å². The molecule has 1 aromatic heterocycles. The highest BCUT2D eigenvalue weighted by Crippen LogP contribution is 2.38. The van der Waals surface area contributed by atoms with Crippen molar-refractivity contribution in [3.05, 3.63) is 89.2 Å². The number of carbonyl (C=O) groups excluding carboxylic acids is 2. The van der Waals surface area contributed by atoms with Crippen molar-refractivity contribution in [2.24, 2.45) is 0 Å². The minimum Gasteiger partial charge on any atom is -0.494 e. The van der Waals surface area contributed by atoms with E-state index in [2.05, 4.69) is 10.3 Å². The van der Waals surface area contributed by atoms with Gasteiger partial charge in [0.2, 0.25) is 5.91 Å². The molecule has 0 radical (unpaired) electrons. The molecular formula is C25H25N3O3. The number of hydrogen-bond acceptors (Lipinski definition) is 4. The fourth-order valence-electron chi connectivity index (χ4n) is 3.77. The topological polar surface area (TPSA) is 71.5 Å². The molecule has 6 heteroatoms. The van der Waals surface area contributed by atoms with Gasteiger partial charge in [0.1, 0.15) is 5.75 Å². The molecule has 0 fully saturated rings. The van der Waals surface area contributed by atoms with E-state index in [0.29, 0.717) is 24.4 Å². The summed E-state index contributed by atoms with van der Waals surface area (Å²) in [7, 11) is 0. The lowest BCUT2D eigenvalue weighted by Crippen LogP contribution is -2.32. The summed E-state index contributed by atoms with van der Waals surface area (Å²) in [6, 6.07) is 18.5. The number of fused-ring (bicyclic) bond motifs is 1. The third-order valence-electron chi connectivity index (χ3n) is 5.33. The van der Waals surface area contributed by atoms with Crippen LogP contribution in [0.4, 0.5) is 5.69 Å². The van der Waals surface area contributed by atoms with Crippen molar-refractivity contribution in [2.45, 2.75) is 32.9 Å². The first-order chi connectivity index (χ1) is 15.1. The van der Waals surface area contributed by atoms with Crippen molar-refractivity contribution in [3.8, 4) is 5.75 Å². The molecule has 1 aliphatic rings. The molecule has 2 heterocycles. The monoisotopic (exact) mass is 415 g/mol. The number of hydrogen-bond donors (Lipinski definition) is 1. The first-order valence-corrected chi connectivity index (χ1v) is 10.4. The van der Waals surface area contributed by atoms with Gasteiger partial charge in [0.15, 0.2) is 0 Å². The number of ether oxygens (including phenoxy) is 1. The Morgan fingerprint density at radius 3 is 2.55 bits per heavy atom. The van der Waals surface area contributed by atoms with E-state index < -0.39 is 6.04 Å². The Bertz CT molecular complexity index is 1080. The lowest BCUT2D eigenvalue weighted by Gasteiger charge is -2.24. The van der Waals surface area contributed by atoms with Crippen LogP contribution in [0.5, 0.6) is 5.75 Å². The number of aromatic nitrogens is 1. The number of nitrogens with zero attached hydrogens (tertiary/aromatic N) is 2. The molecule has 31 heavy (non-hydrogen) atoms. The van der Waals surface area contributed by atoms with Crippen LogP contribution in [0.1, 0.15) is 46.6 Å². The lowest BCUT2D eigenvalue weighted by atomic mass is 10.1. The summed E-state index contributed by atoms with van der Waals surface area (Å²) >= 11 is 0. The van der Waals surface area contributed by atoms with E-state index in [1.807, 2.05) is 62.4 Å². The Morgan fingerprint density at radius 1 is 1.10 bits per heavy atom. The van der Waals surface area contributed by atoms with E-state index in [1.165, 1.54) is 0 Å². The zero-order chi connectivity index (χ0) is 21.8. The number of benzene rings is 2. The summed E-state index contributed by atoms with van der Waals surface area (Å²) in [5.74, 6) is 0.539. The second-order valence-electron chi connectivity index (χ2n) is 7.52. The zero-order valence-corrected chi connectivity index (χ0v) is 17.7. The second-order valence-corrected chi connectivity index (χ2v) is 7.52. The van der Waals surface area contributed by atoms with Crippen molar-refractivity contribution >= 4 is 17.5 Å². The number of nitrogens with one attached hydrogen (secondary N) is 1. The number of pyridine rings is 1. The third kappa shape index (κ3) is 4.43. The van der Waals surface area contributed by atoms with Gasteiger partial charge >= 0.3 is 0 Å². The van der Waals surface area contributed by atoms with Gasteiger partial charge in [0, 0.05) is 18.4 Å².